The van der Waals surface area contributed by atoms with Gasteiger partial charge in [0, 0.05) is 0 Å². The van der Waals surface area contributed by atoms with Crippen molar-refractivity contribution in [1.82, 2.24) is 0 Å². The predicted molar refractivity (Wildman–Crippen MR) is 37.4 cm³/mol. The van der Waals surface area contributed by atoms with Crippen molar-refractivity contribution in [3.8, 4) is 0 Å². The third-order valence-corrected chi connectivity index (χ3v) is 0.586. The molecular weight excluding hydrogens is 214 g/mol. The van der Waals surface area contributed by atoms with E-state index in [-0.39, 0.29) is 12.4 Å². The van der Waals surface area contributed by atoms with Gasteiger partial charge in [0.1, 0.15) is 0 Å². The fraction of sp³-hybridized carbons (Fsp3) is 0.500. The summed E-state index contributed by atoms with van der Waals surface area (Å²) < 4.78 is 8.19. The van der Waals surface area contributed by atoms with E-state index < -0.39 is 6.10 Å². The van der Waals surface area contributed by atoms with Crippen LogP contribution in [-0.2, 0) is 21.0 Å². The van der Waals surface area contributed by atoms with Crippen molar-refractivity contribution in [3.05, 3.63) is 24.3 Å². The average molecular weight is 227 g/mol. The Bertz CT molecular complexity index is 111. The van der Waals surface area contributed by atoms with Crippen molar-refractivity contribution in [2.24, 2.45) is 0 Å². The van der Waals surface area contributed by atoms with Gasteiger partial charge in [-0.25, -0.2) is 12.2 Å². The Morgan fingerprint density at radius 1 is 1.50 bits per heavy atom. The Kier molecular flexibility index (Phi) is 25.9. The van der Waals surface area contributed by atoms with Crippen LogP contribution in [0.5, 0.6) is 0 Å². The summed E-state index contributed by atoms with van der Waals surface area (Å²) >= 11 is 1.06. The quantitative estimate of drug-likeness (QED) is 0.446. The Balaban J connectivity index is -0.000000107. The van der Waals surface area contributed by atoms with Crippen LogP contribution in [0, 0.1) is 6.08 Å². The molecule has 1 rings (SSSR count). The summed E-state index contributed by atoms with van der Waals surface area (Å²) in [7, 11) is 0. The van der Waals surface area contributed by atoms with E-state index in [2.05, 4.69) is 12.2 Å². The SMILES string of the molecule is CC(C)[O-].[C-]1=CC=CC1.[Cl-].[O]=[V+2]. The third-order valence-electron chi connectivity index (χ3n) is 0.586. The van der Waals surface area contributed by atoms with Gasteiger partial charge in [-0.2, -0.15) is 6.08 Å². The molecule has 2 nitrogen and oxygen atoms in total. The first-order chi connectivity index (χ1) is 5.23. The van der Waals surface area contributed by atoms with Gasteiger partial charge in [-0.1, -0.05) is 13.8 Å². The molecule has 69 valence electrons. The number of halogens is 1. The predicted octanol–water partition coefficient (Wildman–Crippen LogP) is -2.06. The number of allylic oxidation sites excluding steroid dienone is 4. The molecule has 0 spiro atoms. The second-order valence-electron chi connectivity index (χ2n) is 2.05. The molecule has 0 aliphatic heterocycles. The molecule has 1 aliphatic carbocycles. The van der Waals surface area contributed by atoms with Gasteiger partial charge in [0.05, 0.1) is 0 Å². The van der Waals surface area contributed by atoms with Crippen LogP contribution < -0.4 is 17.5 Å². The summed E-state index contributed by atoms with van der Waals surface area (Å²) in [6.45, 7) is 3.22. The van der Waals surface area contributed by atoms with Gasteiger partial charge in [0.2, 0.25) is 0 Å². The number of rotatable bonds is 0. The van der Waals surface area contributed by atoms with E-state index in [1.807, 2.05) is 12.2 Å². The van der Waals surface area contributed by atoms with Gasteiger partial charge in [-0.05, 0) is 0 Å². The summed E-state index contributed by atoms with van der Waals surface area (Å²) in [4.78, 5) is 0. The minimum atomic E-state index is -0.417. The summed E-state index contributed by atoms with van der Waals surface area (Å²) in [5.74, 6) is 0. The third kappa shape index (κ3) is 32.1. The summed E-state index contributed by atoms with van der Waals surface area (Å²) in [5.41, 5.74) is 0. The van der Waals surface area contributed by atoms with Crippen LogP contribution in [0.15, 0.2) is 18.2 Å². The van der Waals surface area contributed by atoms with Gasteiger partial charge in [0.15, 0.2) is 0 Å². The maximum absolute atomic E-state index is 9.53. The van der Waals surface area contributed by atoms with E-state index in [9.17, 15) is 5.11 Å². The molecule has 12 heavy (non-hydrogen) atoms. The average Bonchev–Trinajstić information content (AvgIpc) is 2.44. The van der Waals surface area contributed by atoms with Gasteiger partial charge in [-0.3, -0.25) is 6.08 Å². The first-order valence-electron chi connectivity index (χ1n) is 3.29. The van der Waals surface area contributed by atoms with Crippen molar-refractivity contribution < 1.29 is 38.6 Å². The Morgan fingerprint density at radius 2 is 1.92 bits per heavy atom. The molecule has 0 aromatic carbocycles. The van der Waals surface area contributed by atoms with Crippen LogP contribution in [0.3, 0.4) is 0 Å². The Hall–Kier alpha value is 0.114. The zero-order valence-corrected chi connectivity index (χ0v) is 9.31. The normalized spacial score (nSPS) is 10.8. The van der Waals surface area contributed by atoms with E-state index in [0.717, 1.165) is 23.8 Å². The van der Waals surface area contributed by atoms with Crippen molar-refractivity contribution in [2.45, 2.75) is 26.4 Å². The summed E-state index contributed by atoms with van der Waals surface area (Å²) in [5, 5.41) is 9.53. The molecule has 0 bridgehead atoms. The molecule has 0 amide bonds. The van der Waals surface area contributed by atoms with Crippen LogP contribution in [0.25, 0.3) is 0 Å². The van der Waals surface area contributed by atoms with E-state index in [0.29, 0.717) is 0 Å². The van der Waals surface area contributed by atoms with E-state index in [1.54, 1.807) is 13.8 Å². The van der Waals surface area contributed by atoms with Crippen LogP contribution >= 0.6 is 0 Å². The van der Waals surface area contributed by atoms with Crippen LogP contribution in [0.4, 0.5) is 0 Å². The van der Waals surface area contributed by atoms with Crippen LogP contribution in [0.2, 0.25) is 0 Å². The molecule has 4 heteroatoms. The van der Waals surface area contributed by atoms with Gasteiger partial charge in [-0.15, -0.1) is 12.5 Å². The standard InChI is InChI=1S/C5H5.C3H7O.ClH.O.V/c1-2-4-5-3-1;1-3(2)4;;;/h1-3H,4H2;3H,1-2H3;1H;;/q2*-1;;;+2/p-1. The van der Waals surface area contributed by atoms with Crippen LogP contribution in [0.1, 0.15) is 20.3 Å². The zero-order chi connectivity index (χ0) is 9.11. The van der Waals surface area contributed by atoms with Gasteiger partial charge in [0.25, 0.3) is 0 Å². The van der Waals surface area contributed by atoms with Gasteiger partial charge < -0.3 is 17.5 Å². The molecule has 0 unspecified atom stereocenters. The molecule has 0 N–H and O–H groups in total. The van der Waals surface area contributed by atoms with Crippen molar-refractivity contribution in [2.75, 3.05) is 0 Å². The minimum absolute atomic E-state index is 0. The molecule has 1 aliphatic rings. The maximum atomic E-state index is 9.53. The second kappa shape index (κ2) is 17.3. The molecule has 0 saturated carbocycles. The molecular formula is C8H12ClO2V-. The second-order valence-corrected chi connectivity index (χ2v) is 2.05. The van der Waals surface area contributed by atoms with Crippen molar-refractivity contribution in [1.29, 1.82) is 0 Å². The Labute approximate surface area is 89.4 Å². The number of hydrogen-bond acceptors (Lipinski definition) is 2. The molecule has 0 aromatic rings. The van der Waals surface area contributed by atoms with E-state index in [4.69, 9.17) is 3.67 Å². The first kappa shape index (κ1) is 18.0. The van der Waals surface area contributed by atoms with Crippen LogP contribution in [-0.4, -0.2) is 6.10 Å². The van der Waals surface area contributed by atoms with Gasteiger partial charge >= 0.3 is 21.0 Å². The molecule has 0 heterocycles. The van der Waals surface area contributed by atoms with Crippen molar-refractivity contribution in [3.63, 3.8) is 0 Å². The molecule has 0 fully saturated rings. The molecule has 0 aromatic heterocycles. The molecule has 0 radical (unpaired) electrons. The topological polar surface area (TPSA) is 40.1 Å². The first-order valence-corrected chi connectivity index (χ1v) is 3.86. The Morgan fingerprint density at radius 3 is 2.00 bits per heavy atom. The monoisotopic (exact) mass is 226 g/mol. The van der Waals surface area contributed by atoms with E-state index in [1.165, 1.54) is 0 Å². The van der Waals surface area contributed by atoms with Crippen molar-refractivity contribution >= 4 is 0 Å². The summed E-state index contributed by atoms with van der Waals surface area (Å²) in [6.07, 6.45) is 9.58. The summed E-state index contributed by atoms with van der Waals surface area (Å²) in [6, 6.07) is 0. The molecule has 0 saturated heterocycles. The fourth-order valence-corrected chi connectivity index (χ4v) is 0.340. The zero-order valence-electron chi connectivity index (χ0n) is 7.16. The number of hydrogen-bond donors (Lipinski definition) is 0. The fourth-order valence-electron chi connectivity index (χ4n) is 0.340. The molecule has 0 atom stereocenters. The van der Waals surface area contributed by atoms with E-state index >= 15 is 0 Å².